The summed E-state index contributed by atoms with van der Waals surface area (Å²) >= 11 is 0. The maximum atomic E-state index is 5.98. The van der Waals surface area contributed by atoms with Crippen LogP contribution in [0.5, 0.6) is 0 Å². The van der Waals surface area contributed by atoms with Crippen molar-refractivity contribution in [2.45, 2.75) is 38.7 Å². The summed E-state index contributed by atoms with van der Waals surface area (Å²) in [6, 6.07) is 5.77. The minimum absolute atomic E-state index is 0.446. The molecule has 0 radical (unpaired) electrons. The number of ether oxygens (including phenoxy) is 1. The second-order valence-corrected chi connectivity index (χ2v) is 5.55. The molecule has 1 saturated heterocycles. The summed E-state index contributed by atoms with van der Waals surface area (Å²) in [5.41, 5.74) is 8.06. The van der Waals surface area contributed by atoms with E-state index in [0.717, 1.165) is 37.0 Å². The average Bonchev–Trinajstić information content (AvgIpc) is 2.93. The van der Waals surface area contributed by atoms with Crippen molar-refractivity contribution in [1.82, 2.24) is 10.1 Å². The van der Waals surface area contributed by atoms with Gasteiger partial charge >= 0.3 is 0 Å². The number of aryl methyl sites for hydroxylation is 1. The molecule has 1 unspecified atom stereocenters. The first-order chi connectivity index (χ1) is 9.58. The fourth-order valence-corrected chi connectivity index (χ4v) is 2.51. The molecule has 1 aliphatic rings. The lowest BCUT2D eigenvalue weighted by atomic mass is 9.95. The lowest BCUT2D eigenvalue weighted by Gasteiger charge is -2.30. The molecular weight excluding hydrogens is 254 g/mol. The van der Waals surface area contributed by atoms with Gasteiger partial charge in [0, 0.05) is 12.3 Å². The Morgan fingerprint density at radius 3 is 2.90 bits per heavy atom. The number of aromatic nitrogens is 2. The van der Waals surface area contributed by atoms with Gasteiger partial charge in [0.15, 0.2) is 0 Å². The van der Waals surface area contributed by atoms with E-state index in [1.807, 2.05) is 32.0 Å². The molecule has 0 aliphatic carbocycles. The summed E-state index contributed by atoms with van der Waals surface area (Å²) in [5, 5.41) is 4.09. The molecule has 1 atom stereocenters. The van der Waals surface area contributed by atoms with Crippen molar-refractivity contribution in [3.63, 3.8) is 0 Å². The summed E-state index contributed by atoms with van der Waals surface area (Å²) in [6.45, 7) is 4.76. The number of nitrogens with two attached hydrogens (primary N) is 1. The van der Waals surface area contributed by atoms with Gasteiger partial charge in [-0.3, -0.25) is 0 Å². The molecule has 2 aromatic rings. The summed E-state index contributed by atoms with van der Waals surface area (Å²) in [5.74, 6) is 1.06. The Bertz CT molecular complexity index is 615. The van der Waals surface area contributed by atoms with E-state index in [1.54, 1.807) is 0 Å². The van der Waals surface area contributed by atoms with Crippen molar-refractivity contribution >= 4 is 5.69 Å². The number of hydrogen-bond acceptors (Lipinski definition) is 5. The summed E-state index contributed by atoms with van der Waals surface area (Å²) in [4.78, 5) is 4.50. The summed E-state index contributed by atoms with van der Waals surface area (Å²) < 4.78 is 11.2. The summed E-state index contributed by atoms with van der Waals surface area (Å²) in [7, 11) is 0. The van der Waals surface area contributed by atoms with Crippen LogP contribution in [0, 0.1) is 6.92 Å². The Balaban J connectivity index is 1.95. The highest BCUT2D eigenvalue weighted by Gasteiger charge is 2.35. The third-order valence-electron chi connectivity index (χ3n) is 3.81. The van der Waals surface area contributed by atoms with E-state index in [9.17, 15) is 0 Å². The molecular formula is C15H19N3O2. The van der Waals surface area contributed by atoms with Gasteiger partial charge in [-0.15, -0.1) is 0 Å². The Kier molecular flexibility index (Phi) is 3.22. The van der Waals surface area contributed by atoms with Crippen molar-refractivity contribution in [2.24, 2.45) is 0 Å². The second kappa shape index (κ2) is 4.90. The molecule has 1 fully saturated rings. The number of rotatable bonds is 2. The van der Waals surface area contributed by atoms with Crippen molar-refractivity contribution < 1.29 is 9.26 Å². The number of anilines is 1. The second-order valence-electron chi connectivity index (χ2n) is 5.55. The highest BCUT2D eigenvalue weighted by Crippen LogP contribution is 2.34. The van der Waals surface area contributed by atoms with E-state index in [-0.39, 0.29) is 0 Å². The van der Waals surface area contributed by atoms with E-state index in [0.29, 0.717) is 17.4 Å². The van der Waals surface area contributed by atoms with Gasteiger partial charge in [-0.2, -0.15) is 4.98 Å². The highest BCUT2D eigenvalue weighted by atomic mass is 16.5. The van der Waals surface area contributed by atoms with Gasteiger partial charge in [0.05, 0.1) is 5.56 Å². The van der Waals surface area contributed by atoms with Gasteiger partial charge in [0.25, 0.3) is 5.89 Å². The lowest BCUT2D eigenvalue weighted by Crippen LogP contribution is -2.31. The molecule has 0 amide bonds. The molecule has 0 bridgehead atoms. The van der Waals surface area contributed by atoms with Crippen LogP contribution in [-0.4, -0.2) is 16.7 Å². The number of benzene rings is 1. The Hall–Kier alpha value is -1.88. The zero-order valence-corrected chi connectivity index (χ0v) is 11.8. The van der Waals surface area contributed by atoms with Crippen LogP contribution < -0.4 is 5.73 Å². The smallest absolute Gasteiger partial charge is 0.260 e. The third kappa shape index (κ3) is 2.29. The van der Waals surface area contributed by atoms with Crippen LogP contribution in [0.2, 0.25) is 0 Å². The van der Waals surface area contributed by atoms with Crippen LogP contribution in [0.4, 0.5) is 5.69 Å². The number of hydrogen-bond donors (Lipinski definition) is 1. The minimum Gasteiger partial charge on any atom is -0.398 e. The first kappa shape index (κ1) is 13.1. The largest absolute Gasteiger partial charge is 0.398 e. The maximum Gasteiger partial charge on any atom is 0.260 e. The number of nitrogens with zero attached hydrogens (tertiary/aromatic N) is 2. The minimum atomic E-state index is -0.446. The fourth-order valence-electron chi connectivity index (χ4n) is 2.51. The molecule has 2 N–H and O–H groups in total. The predicted octanol–water partition coefficient (Wildman–Crippen LogP) is 3.04. The number of nitrogen functional groups attached to an aromatic ring is 1. The highest BCUT2D eigenvalue weighted by molar-refractivity contribution is 5.71. The van der Waals surface area contributed by atoms with Crippen LogP contribution in [0.3, 0.4) is 0 Å². The average molecular weight is 273 g/mol. The van der Waals surface area contributed by atoms with Crippen LogP contribution in [0.1, 0.15) is 37.6 Å². The Morgan fingerprint density at radius 1 is 1.30 bits per heavy atom. The van der Waals surface area contributed by atoms with Crippen LogP contribution in [0.25, 0.3) is 11.5 Å². The molecule has 1 aromatic carbocycles. The first-order valence-electron chi connectivity index (χ1n) is 6.93. The molecule has 5 heteroatoms. The molecule has 3 rings (SSSR count). The van der Waals surface area contributed by atoms with Crippen LogP contribution in [-0.2, 0) is 10.3 Å². The summed E-state index contributed by atoms with van der Waals surface area (Å²) in [6.07, 6.45) is 3.12. The van der Waals surface area contributed by atoms with Crippen LogP contribution >= 0.6 is 0 Å². The van der Waals surface area contributed by atoms with Crippen molar-refractivity contribution in [3.05, 3.63) is 29.6 Å². The Labute approximate surface area is 118 Å². The molecule has 0 saturated carbocycles. The van der Waals surface area contributed by atoms with Crippen molar-refractivity contribution in [1.29, 1.82) is 0 Å². The molecule has 1 aliphatic heterocycles. The molecule has 5 nitrogen and oxygen atoms in total. The van der Waals surface area contributed by atoms with E-state index in [4.69, 9.17) is 15.0 Å². The van der Waals surface area contributed by atoms with E-state index < -0.39 is 5.60 Å². The third-order valence-corrected chi connectivity index (χ3v) is 3.81. The zero-order chi connectivity index (χ0) is 14.2. The van der Waals surface area contributed by atoms with Gasteiger partial charge in [-0.05, 0) is 45.2 Å². The first-order valence-corrected chi connectivity index (χ1v) is 6.93. The molecule has 106 valence electrons. The van der Waals surface area contributed by atoms with Crippen molar-refractivity contribution in [3.8, 4) is 11.5 Å². The van der Waals surface area contributed by atoms with Crippen molar-refractivity contribution in [2.75, 3.05) is 12.3 Å². The maximum absolute atomic E-state index is 5.98. The zero-order valence-electron chi connectivity index (χ0n) is 11.8. The molecule has 20 heavy (non-hydrogen) atoms. The van der Waals surface area contributed by atoms with E-state index in [2.05, 4.69) is 10.1 Å². The topological polar surface area (TPSA) is 74.2 Å². The predicted molar refractivity (Wildman–Crippen MR) is 76.0 cm³/mol. The molecule has 0 spiro atoms. The molecule has 1 aromatic heterocycles. The van der Waals surface area contributed by atoms with Gasteiger partial charge in [-0.25, -0.2) is 0 Å². The standard InChI is InChI=1S/C15H19N3O2/c1-10-5-6-12(16)11(9-10)13-17-14(18-20-13)15(2)7-3-4-8-19-15/h5-6,9H,3-4,7-8,16H2,1-2H3. The normalized spacial score (nSPS) is 22.9. The lowest BCUT2D eigenvalue weighted by molar-refractivity contribution is -0.0770. The fraction of sp³-hybridized carbons (Fsp3) is 0.467. The van der Waals surface area contributed by atoms with E-state index in [1.165, 1.54) is 0 Å². The quantitative estimate of drug-likeness (QED) is 0.851. The Morgan fingerprint density at radius 2 is 2.15 bits per heavy atom. The SMILES string of the molecule is Cc1ccc(N)c(-c2nc(C3(C)CCCCO3)no2)c1. The van der Waals surface area contributed by atoms with Gasteiger partial charge in [-0.1, -0.05) is 16.8 Å². The van der Waals surface area contributed by atoms with Crippen LogP contribution in [0.15, 0.2) is 22.7 Å². The molecule has 2 heterocycles. The monoisotopic (exact) mass is 273 g/mol. The van der Waals surface area contributed by atoms with Gasteiger partial charge < -0.3 is 15.0 Å². The van der Waals surface area contributed by atoms with Gasteiger partial charge in [0.2, 0.25) is 5.82 Å². The van der Waals surface area contributed by atoms with E-state index >= 15 is 0 Å². The van der Waals surface area contributed by atoms with Gasteiger partial charge in [0.1, 0.15) is 5.60 Å².